The SMILES string of the molecule is Cn1cnc(-c2c(Cl)ccc3c(S(=O)Nc4cnn(C(F)F)c4OCl)c[nH]c23)c1. The van der Waals surface area contributed by atoms with E-state index in [0.29, 0.717) is 32.1 Å². The number of aromatic nitrogens is 5. The Morgan fingerprint density at radius 1 is 1.38 bits per heavy atom. The minimum Gasteiger partial charge on any atom is -0.363 e. The van der Waals surface area contributed by atoms with Crippen LogP contribution in [0.4, 0.5) is 14.5 Å². The van der Waals surface area contributed by atoms with Gasteiger partial charge in [0.2, 0.25) is 0 Å². The molecule has 4 aromatic rings. The number of hydrogen-bond acceptors (Lipinski definition) is 4. The molecular weight excluding hydrogens is 449 g/mol. The van der Waals surface area contributed by atoms with Crippen molar-refractivity contribution < 1.29 is 17.3 Å². The lowest BCUT2D eigenvalue weighted by molar-refractivity contribution is 0.0515. The van der Waals surface area contributed by atoms with Crippen LogP contribution in [0.25, 0.3) is 22.2 Å². The highest BCUT2D eigenvalue weighted by Crippen LogP contribution is 2.37. The van der Waals surface area contributed by atoms with Crippen LogP contribution in [0.2, 0.25) is 5.02 Å². The summed E-state index contributed by atoms with van der Waals surface area (Å²) in [6.07, 6.45) is 6.03. The molecule has 152 valence electrons. The van der Waals surface area contributed by atoms with Crippen LogP contribution in [0.5, 0.6) is 5.88 Å². The van der Waals surface area contributed by atoms with Crippen molar-refractivity contribution in [3.8, 4) is 17.1 Å². The summed E-state index contributed by atoms with van der Waals surface area (Å²) in [5.74, 6) is -0.452. The van der Waals surface area contributed by atoms with E-state index in [4.69, 9.17) is 23.5 Å². The first-order valence-corrected chi connectivity index (χ1v) is 9.85. The van der Waals surface area contributed by atoms with Crippen molar-refractivity contribution in [2.45, 2.75) is 11.4 Å². The van der Waals surface area contributed by atoms with Crippen molar-refractivity contribution in [1.29, 1.82) is 0 Å². The Bertz CT molecular complexity index is 1220. The van der Waals surface area contributed by atoms with Crippen LogP contribution in [0.3, 0.4) is 0 Å². The van der Waals surface area contributed by atoms with E-state index in [-0.39, 0.29) is 10.4 Å². The van der Waals surface area contributed by atoms with Gasteiger partial charge in [0.05, 0.1) is 33.7 Å². The molecule has 13 heteroatoms. The van der Waals surface area contributed by atoms with E-state index in [1.165, 1.54) is 6.20 Å². The lowest BCUT2D eigenvalue weighted by Gasteiger charge is -2.07. The standard InChI is InChI=1S/C16H12Cl2F2N6O2S/c1-25-6-11(22-7-25)13-9(17)3-2-8-12(5-21-14(8)13)29(27)24-10-4-23-26(16(19)20)15(10)28-18/h2-7,16,21,24H,1H3. The van der Waals surface area contributed by atoms with Gasteiger partial charge in [0.15, 0.2) is 11.0 Å². The fourth-order valence-corrected chi connectivity index (χ4v) is 4.28. The molecule has 0 saturated heterocycles. The molecule has 1 unspecified atom stereocenters. The minimum atomic E-state index is -2.97. The number of anilines is 1. The third-order valence-electron chi connectivity index (χ3n) is 4.14. The Morgan fingerprint density at radius 2 is 2.17 bits per heavy atom. The summed E-state index contributed by atoms with van der Waals surface area (Å²) in [5, 5.41) is 4.57. The first-order valence-electron chi connectivity index (χ1n) is 8.01. The van der Waals surface area contributed by atoms with Crippen molar-refractivity contribution in [3.05, 3.63) is 42.1 Å². The van der Waals surface area contributed by atoms with Gasteiger partial charge < -0.3 is 13.8 Å². The molecule has 0 radical (unpaired) electrons. The molecule has 0 fully saturated rings. The Morgan fingerprint density at radius 3 is 2.83 bits per heavy atom. The molecule has 3 aromatic heterocycles. The van der Waals surface area contributed by atoms with Crippen molar-refractivity contribution in [2.75, 3.05) is 4.72 Å². The molecule has 0 bridgehead atoms. The van der Waals surface area contributed by atoms with Crippen LogP contribution in [0, 0.1) is 0 Å². The normalized spacial score (nSPS) is 12.6. The zero-order chi connectivity index (χ0) is 20.7. The third kappa shape index (κ3) is 3.45. The second-order valence-corrected chi connectivity index (χ2v) is 7.70. The highest BCUT2D eigenvalue weighted by atomic mass is 35.5. The monoisotopic (exact) mass is 460 g/mol. The fourth-order valence-electron chi connectivity index (χ4n) is 2.89. The van der Waals surface area contributed by atoms with Crippen molar-refractivity contribution >= 4 is 51.0 Å². The molecule has 2 N–H and O–H groups in total. The van der Waals surface area contributed by atoms with Gasteiger partial charge in [-0.05, 0) is 6.07 Å². The van der Waals surface area contributed by atoms with E-state index < -0.39 is 23.4 Å². The molecule has 0 saturated carbocycles. The van der Waals surface area contributed by atoms with Crippen LogP contribution in [0.1, 0.15) is 6.55 Å². The smallest absolute Gasteiger partial charge is 0.336 e. The van der Waals surface area contributed by atoms with Gasteiger partial charge in [-0.1, -0.05) is 17.7 Å². The van der Waals surface area contributed by atoms with Gasteiger partial charge in [0.25, 0.3) is 5.88 Å². The number of aromatic amines is 1. The van der Waals surface area contributed by atoms with Crippen molar-refractivity contribution in [2.24, 2.45) is 7.05 Å². The number of halogens is 4. The predicted octanol–water partition coefficient (Wildman–Crippen LogP) is 4.48. The summed E-state index contributed by atoms with van der Waals surface area (Å²) in [4.78, 5) is 7.75. The van der Waals surface area contributed by atoms with Crippen LogP contribution < -0.4 is 9.01 Å². The number of benzene rings is 1. The van der Waals surface area contributed by atoms with Crippen molar-refractivity contribution in [3.63, 3.8) is 0 Å². The Hall–Kier alpha value is -2.63. The van der Waals surface area contributed by atoms with Gasteiger partial charge in [-0.25, -0.2) is 9.19 Å². The van der Waals surface area contributed by atoms with Crippen molar-refractivity contribution in [1.82, 2.24) is 24.3 Å². The summed E-state index contributed by atoms with van der Waals surface area (Å²) in [7, 11) is -0.00943. The van der Waals surface area contributed by atoms with E-state index in [1.807, 2.05) is 7.05 Å². The number of alkyl halides is 2. The maximum Gasteiger partial charge on any atom is 0.336 e. The molecule has 0 aliphatic rings. The van der Waals surface area contributed by atoms with E-state index in [2.05, 4.69) is 24.1 Å². The molecule has 1 aromatic carbocycles. The summed E-state index contributed by atoms with van der Waals surface area (Å²) < 4.78 is 47.8. The second-order valence-electron chi connectivity index (χ2n) is 5.96. The fraction of sp³-hybridized carbons (Fsp3) is 0.125. The number of H-pyrrole nitrogens is 1. The third-order valence-corrected chi connectivity index (χ3v) is 5.74. The average Bonchev–Trinajstić information content (AvgIpc) is 3.39. The Kier molecular flexibility index (Phi) is 5.19. The number of fused-ring (bicyclic) bond motifs is 1. The molecule has 4 rings (SSSR count). The molecule has 0 aliphatic carbocycles. The number of imidazole rings is 1. The van der Waals surface area contributed by atoms with Crippen LogP contribution in [0.15, 0.2) is 41.9 Å². The Labute approximate surface area is 175 Å². The number of nitrogens with one attached hydrogen (secondary N) is 2. The lowest BCUT2D eigenvalue weighted by Crippen LogP contribution is -2.06. The van der Waals surface area contributed by atoms with Crippen LogP contribution in [-0.2, 0) is 18.0 Å². The summed E-state index contributed by atoms with van der Waals surface area (Å²) in [5.41, 5.74) is 1.89. The zero-order valence-electron chi connectivity index (χ0n) is 14.6. The van der Waals surface area contributed by atoms with E-state index in [0.717, 1.165) is 6.20 Å². The predicted molar refractivity (Wildman–Crippen MR) is 106 cm³/mol. The highest BCUT2D eigenvalue weighted by Gasteiger charge is 2.22. The van der Waals surface area contributed by atoms with Gasteiger partial charge >= 0.3 is 6.55 Å². The average molecular weight is 461 g/mol. The Balaban J connectivity index is 1.73. The summed E-state index contributed by atoms with van der Waals surface area (Å²) in [6.45, 7) is -2.97. The van der Waals surface area contributed by atoms with E-state index in [1.54, 1.807) is 29.2 Å². The quantitative estimate of drug-likeness (QED) is 0.443. The number of rotatable bonds is 6. The minimum absolute atomic E-state index is 0.0492. The zero-order valence-corrected chi connectivity index (χ0v) is 16.9. The summed E-state index contributed by atoms with van der Waals surface area (Å²) >= 11 is 11.6. The van der Waals surface area contributed by atoms with E-state index >= 15 is 0 Å². The van der Waals surface area contributed by atoms with E-state index in [9.17, 15) is 13.0 Å². The van der Waals surface area contributed by atoms with Gasteiger partial charge in [-0.15, -0.1) is 0 Å². The maximum atomic E-state index is 12.9. The number of nitrogens with zero attached hydrogens (tertiary/aromatic N) is 4. The van der Waals surface area contributed by atoms with Gasteiger partial charge in [-0.3, -0.25) is 4.72 Å². The number of aryl methyl sites for hydroxylation is 1. The molecule has 0 amide bonds. The topological polar surface area (TPSA) is 89.8 Å². The van der Waals surface area contributed by atoms with Gasteiger partial charge in [-0.2, -0.15) is 18.6 Å². The van der Waals surface area contributed by atoms with Crippen LogP contribution in [-0.4, -0.2) is 28.5 Å². The molecular formula is C16H12Cl2F2N6O2S. The molecule has 0 spiro atoms. The molecule has 8 nitrogen and oxygen atoms in total. The molecule has 3 heterocycles. The molecule has 0 aliphatic heterocycles. The molecule has 29 heavy (non-hydrogen) atoms. The van der Waals surface area contributed by atoms with Gasteiger partial charge in [0, 0.05) is 30.4 Å². The van der Waals surface area contributed by atoms with Gasteiger partial charge in [0.1, 0.15) is 17.6 Å². The summed E-state index contributed by atoms with van der Waals surface area (Å²) in [6, 6.07) is 3.38. The molecule has 1 atom stereocenters. The highest BCUT2D eigenvalue weighted by molar-refractivity contribution is 7.86. The maximum absolute atomic E-state index is 12.9. The first-order chi connectivity index (χ1) is 13.9. The first kappa shape index (κ1) is 19.7. The second kappa shape index (κ2) is 7.65. The number of hydrogen-bond donors (Lipinski definition) is 2. The van der Waals surface area contributed by atoms with Crippen LogP contribution >= 0.6 is 23.5 Å². The largest absolute Gasteiger partial charge is 0.363 e. The lowest BCUT2D eigenvalue weighted by atomic mass is 10.1.